The van der Waals surface area contributed by atoms with Gasteiger partial charge in [0, 0.05) is 6.04 Å². The average Bonchev–Trinajstić information content (AvgIpc) is 3.12. The highest BCUT2D eigenvalue weighted by Crippen LogP contribution is 2.43. The lowest BCUT2D eigenvalue weighted by Crippen LogP contribution is -2.28. The molecule has 2 aromatic rings. The van der Waals surface area contributed by atoms with E-state index < -0.39 is 5.97 Å². The predicted octanol–water partition coefficient (Wildman–Crippen LogP) is 0.946. The molecule has 1 aliphatic carbocycles. The van der Waals surface area contributed by atoms with Gasteiger partial charge in [-0.05, 0) is 48.9 Å². The number of carboxylic acid groups (broad SMARTS) is 1. The minimum absolute atomic E-state index is 0.282. The number of hydrogen-bond acceptors (Lipinski definition) is 4. The number of rotatable bonds is 3. The van der Waals surface area contributed by atoms with E-state index in [0.717, 1.165) is 17.5 Å². The summed E-state index contributed by atoms with van der Waals surface area (Å²) in [6.07, 6.45) is 3.62. The summed E-state index contributed by atoms with van der Waals surface area (Å²) in [4.78, 5) is 27.5. The van der Waals surface area contributed by atoms with E-state index in [2.05, 4.69) is 16.4 Å². The molecule has 3 atom stereocenters. The van der Waals surface area contributed by atoms with E-state index in [-0.39, 0.29) is 12.1 Å². The molecule has 1 aliphatic heterocycles. The van der Waals surface area contributed by atoms with Crippen molar-refractivity contribution in [3.05, 3.63) is 40.4 Å². The number of nitrogens with zero attached hydrogens (tertiary/aromatic N) is 2. The van der Waals surface area contributed by atoms with E-state index in [4.69, 9.17) is 5.11 Å². The summed E-state index contributed by atoms with van der Waals surface area (Å²) >= 11 is 0. The second-order valence-electron chi connectivity index (χ2n) is 6.29. The quantitative estimate of drug-likeness (QED) is 0.881. The van der Waals surface area contributed by atoms with Gasteiger partial charge in [-0.3, -0.25) is 14.2 Å². The monoisotopic (exact) mass is 299 g/mol. The smallest absolute Gasteiger partial charge is 0.323 e. The molecule has 6 nitrogen and oxygen atoms in total. The summed E-state index contributed by atoms with van der Waals surface area (Å²) in [6, 6.07) is 6.44. The molecule has 2 bridgehead atoms. The van der Waals surface area contributed by atoms with E-state index in [0.29, 0.717) is 28.8 Å². The number of aliphatic carboxylic acids is 1. The number of piperidine rings is 1. The van der Waals surface area contributed by atoms with Crippen LogP contribution in [0, 0.1) is 5.92 Å². The van der Waals surface area contributed by atoms with Gasteiger partial charge in [0.1, 0.15) is 6.54 Å². The molecule has 0 radical (unpaired) electrons. The summed E-state index contributed by atoms with van der Waals surface area (Å²) in [5.41, 5.74) is 1.51. The Hall–Kier alpha value is -2.21. The van der Waals surface area contributed by atoms with E-state index in [1.54, 1.807) is 0 Å². The lowest BCUT2D eigenvalue weighted by Gasteiger charge is -2.23. The van der Waals surface area contributed by atoms with Crippen LogP contribution in [0.3, 0.4) is 0 Å². The highest BCUT2D eigenvalue weighted by atomic mass is 16.4. The largest absolute Gasteiger partial charge is 0.480 e. The Morgan fingerprint density at radius 2 is 2.27 bits per heavy atom. The molecule has 4 rings (SSSR count). The lowest BCUT2D eigenvalue weighted by atomic mass is 9.87. The highest BCUT2D eigenvalue weighted by molar-refractivity contribution is 5.78. The van der Waals surface area contributed by atoms with Crippen LogP contribution in [0.15, 0.2) is 29.3 Å². The Bertz CT molecular complexity index is 814. The summed E-state index contributed by atoms with van der Waals surface area (Å²) in [5.74, 6) is 0.0853. The Kier molecular flexibility index (Phi) is 3.00. The van der Waals surface area contributed by atoms with E-state index in [1.165, 1.54) is 18.3 Å². The normalized spacial score (nSPS) is 26.6. The SMILES string of the molecule is O=C(O)Cn1cnc2ccc(C3CC4CC3CN4)cc2c1=O. The van der Waals surface area contributed by atoms with Crippen LogP contribution < -0.4 is 10.9 Å². The molecule has 6 heteroatoms. The van der Waals surface area contributed by atoms with Gasteiger partial charge in [-0.25, -0.2) is 4.98 Å². The van der Waals surface area contributed by atoms with Crippen LogP contribution in [0.1, 0.15) is 24.3 Å². The van der Waals surface area contributed by atoms with Crippen molar-refractivity contribution in [3.8, 4) is 0 Å². The van der Waals surface area contributed by atoms with Crippen LogP contribution in [0.2, 0.25) is 0 Å². The van der Waals surface area contributed by atoms with Gasteiger partial charge in [-0.15, -0.1) is 0 Å². The summed E-state index contributed by atoms with van der Waals surface area (Å²) in [6.45, 7) is 0.688. The van der Waals surface area contributed by atoms with Crippen LogP contribution in [-0.2, 0) is 11.3 Å². The second kappa shape index (κ2) is 4.91. The van der Waals surface area contributed by atoms with Gasteiger partial charge >= 0.3 is 5.97 Å². The fourth-order valence-corrected chi connectivity index (χ4v) is 3.91. The number of benzene rings is 1. The molecule has 0 amide bonds. The van der Waals surface area contributed by atoms with Crippen LogP contribution in [0.5, 0.6) is 0 Å². The minimum Gasteiger partial charge on any atom is -0.480 e. The molecule has 2 aliphatic rings. The Morgan fingerprint density at radius 1 is 1.41 bits per heavy atom. The first kappa shape index (κ1) is 13.5. The van der Waals surface area contributed by atoms with Crippen molar-refractivity contribution in [3.63, 3.8) is 0 Å². The molecular formula is C16H17N3O3. The Morgan fingerprint density at radius 3 is 2.95 bits per heavy atom. The molecule has 1 saturated heterocycles. The van der Waals surface area contributed by atoms with Crippen molar-refractivity contribution in [1.29, 1.82) is 0 Å². The third kappa shape index (κ3) is 2.11. The first-order valence-corrected chi connectivity index (χ1v) is 7.56. The lowest BCUT2D eigenvalue weighted by molar-refractivity contribution is -0.137. The van der Waals surface area contributed by atoms with E-state index in [1.807, 2.05) is 12.1 Å². The highest BCUT2D eigenvalue weighted by Gasteiger charge is 2.40. The third-order valence-corrected chi connectivity index (χ3v) is 4.95. The number of fused-ring (bicyclic) bond motifs is 3. The van der Waals surface area contributed by atoms with Crippen molar-refractivity contribution in [2.75, 3.05) is 6.54 Å². The predicted molar refractivity (Wildman–Crippen MR) is 80.9 cm³/mol. The van der Waals surface area contributed by atoms with Crippen molar-refractivity contribution in [2.24, 2.45) is 5.92 Å². The maximum atomic E-state index is 12.4. The molecule has 2 heterocycles. The van der Waals surface area contributed by atoms with Gasteiger partial charge in [0.15, 0.2) is 0 Å². The van der Waals surface area contributed by atoms with Gasteiger partial charge in [-0.2, -0.15) is 0 Å². The van der Waals surface area contributed by atoms with Crippen molar-refractivity contribution < 1.29 is 9.90 Å². The number of aromatic nitrogens is 2. The molecule has 0 spiro atoms. The molecule has 114 valence electrons. The zero-order valence-corrected chi connectivity index (χ0v) is 12.0. The molecule has 22 heavy (non-hydrogen) atoms. The van der Waals surface area contributed by atoms with Gasteiger partial charge in [-0.1, -0.05) is 6.07 Å². The molecular weight excluding hydrogens is 282 g/mol. The first-order chi connectivity index (χ1) is 10.6. The van der Waals surface area contributed by atoms with Gasteiger partial charge in [0.25, 0.3) is 5.56 Å². The first-order valence-electron chi connectivity index (χ1n) is 7.56. The number of nitrogens with one attached hydrogen (secondary N) is 1. The van der Waals surface area contributed by atoms with Gasteiger partial charge in [0.2, 0.25) is 0 Å². The van der Waals surface area contributed by atoms with Gasteiger partial charge in [0.05, 0.1) is 17.2 Å². The Labute approximate surface area is 126 Å². The zero-order chi connectivity index (χ0) is 15.3. The maximum absolute atomic E-state index is 12.4. The molecule has 1 aromatic heterocycles. The van der Waals surface area contributed by atoms with Crippen molar-refractivity contribution in [1.82, 2.24) is 14.9 Å². The molecule has 2 fully saturated rings. The zero-order valence-electron chi connectivity index (χ0n) is 12.0. The van der Waals surface area contributed by atoms with Crippen molar-refractivity contribution >= 4 is 16.9 Å². The third-order valence-electron chi connectivity index (χ3n) is 4.95. The van der Waals surface area contributed by atoms with Crippen LogP contribution in [-0.4, -0.2) is 33.2 Å². The number of carboxylic acids is 1. The molecule has 1 saturated carbocycles. The van der Waals surface area contributed by atoms with Gasteiger partial charge < -0.3 is 10.4 Å². The number of carbonyl (C=O) groups is 1. The topological polar surface area (TPSA) is 84.2 Å². The summed E-state index contributed by atoms with van der Waals surface area (Å²) in [7, 11) is 0. The average molecular weight is 299 g/mol. The fraction of sp³-hybridized carbons (Fsp3) is 0.438. The minimum atomic E-state index is -1.04. The molecule has 1 aromatic carbocycles. The summed E-state index contributed by atoms with van der Waals surface area (Å²) in [5, 5.41) is 12.9. The molecule has 2 N–H and O–H groups in total. The standard InChI is InChI=1S/C16H17N3O3/c20-15(21)7-19-8-18-14-2-1-9(4-13(14)16(19)22)12-5-11-3-10(12)6-17-11/h1-2,4,8,10-12,17H,3,5-7H2,(H,20,21). The van der Waals surface area contributed by atoms with Crippen molar-refractivity contribution in [2.45, 2.75) is 31.3 Å². The van der Waals surface area contributed by atoms with E-state index in [9.17, 15) is 9.59 Å². The van der Waals surface area contributed by atoms with Crippen LogP contribution >= 0.6 is 0 Å². The Balaban J connectivity index is 1.77. The van der Waals surface area contributed by atoms with Crippen LogP contribution in [0.4, 0.5) is 0 Å². The van der Waals surface area contributed by atoms with Crippen LogP contribution in [0.25, 0.3) is 10.9 Å². The van der Waals surface area contributed by atoms with E-state index >= 15 is 0 Å². The number of hydrogen-bond donors (Lipinski definition) is 2. The summed E-state index contributed by atoms with van der Waals surface area (Å²) < 4.78 is 1.15. The second-order valence-corrected chi connectivity index (χ2v) is 6.29. The maximum Gasteiger partial charge on any atom is 0.323 e. The molecule has 3 unspecified atom stereocenters. The fourth-order valence-electron chi connectivity index (χ4n) is 3.91.